The van der Waals surface area contributed by atoms with Gasteiger partial charge in [0.05, 0.1) is 16.9 Å². The summed E-state index contributed by atoms with van der Waals surface area (Å²) in [5, 5.41) is 8.65. The average molecular weight is 349 g/mol. The van der Waals surface area contributed by atoms with Crippen molar-refractivity contribution in [2.45, 2.75) is 57.6 Å². The van der Waals surface area contributed by atoms with Crippen molar-refractivity contribution in [1.29, 1.82) is 5.26 Å². The van der Waals surface area contributed by atoms with E-state index in [-0.39, 0.29) is 5.25 Å². The topological polar surface area (TPSA) is 70.0 Å². The predicted octanol–water partition coefficient (Wildman–Crippen LogP) is 3.80. The normalized spacial score (nSPS) is 23.0. The Kier molecular flexibility index (Phi) is 6.42. The van der Waals surface area contributed by atoms with Crippen molar-refractivity contribution in [3.63, 3.8) is 0 Å². The van der Waals surface area contributed by atoms with Crippen molar-refractivity contribution in [1.82, 2.24) is 4.72 Å². The first kappa shape index (κ1) is 19.0. The second-order valence-electron chi connectivity index (χ2n) is 7.27. The Balaban J connectivity index is 1.87. The zero-order valence-corrected chi connectivity index (χ0v) is 15.6. The molecule has 0 amide bonds. The summed E-state index contributed by atoms with van der Waals surface area (Å²) in [4.78, 5) is 0. The van der Waals surface area contributed by atoms with Crippen LogP contribution in [-0.4, -0.2) is 20.2 Å². The summed E-state index contributed by atoms with van der Waals surface area (Å²) >= 11 is 0. The molecule has 4 nitrogen and oxygen atoms in total. The van der Waals surface area contributed by atoms with Gasteiger partial charge in [-0.25, -0.2) is 13.1 Å². The minimum atomic E-state index is -3.17. The molecule has 1 atom stereocenters. The van der Waals surface area contributed by atoms with Crippen LogP contribution in [0.5, 0.6) is 0 Å². The highest BCUT2D eigenvalue weighted by molar-refractivity contribution is 7.90. The molecular weight excluding hydrogens is 320 g/mol. The molecular formula is C19H28N2O2S. The highest BCUT2D eigenvalue weighted by atomic mass is 32.2. The van der Waals surface area contributed by atoms with E-state index in [1.54, 1.807) is 13.8 Å². The van der Waals surface area contributed by atoms with Crippen LogP contribution in [0.2, 0.25) is 0 Å². The average Bonchev–Trinajstić information content (AvgIpc) is 2.59. The van der Waals surface area contributed by atoms with Gasteiger partial charge in [0.2, 0.25) is 10.0 Å². The van der Waals surface area contributed by atoms with Gasteiger partial charge in [-0.3, -0.25) is 0 Å². The van der Waals surface area contributed by atoms with Gasteiger partial charge in [-0.05, 0) is 75.0 Å². The lowest BCUT2D eigenvalue weighted by molar-refractivity contribution is 0.246. The van der Waals surface area contributed by atoms with Crippen LogP contribution in [-0.2, 0) is 10.0 Å². The fraction of sp³-hybridized carbons (Fsp3) is 0.632. The number of rotatable bonds is 6. The van der Waals surface area contributed by atoms with Crippen molar-refractivity contribution in [3.05, 3.63) is 35.4 Å². The molecule has 0 saturated heterocycles. The summed E-state index contributed by atoms with van der Waals surface area (Å²) in [6, 6.07) is 10.1. The third kappa shape index (κ3) is 4.81. The van der Waals surface area contributed by atoms with Gasteiger partial charge in [-0.1, -0.05) is 19.1 Å². The molecule has 5 heteroatoms. The van der Waals surface area contributed by atoms with Crippen LogP contribution in [0.3, 0.4) is 0 Å². The minimum absolute atomic E-state index is 0.352. The Labute approximate surface area is 146 Å². The molecule has 1 saturated carbocycles. The van der Waals surface area contributed by atoms with Gasteiger partial charge < -0.3 is 0 Å². The predicted molar refractivity (Wildman–Crippen MR) is 97.1 cm³/mol. The van der Waals surface area contributed by atoms with E-state index >= 15 is 0 Å². The molecule has 0 aliphatic heterocycles. The first-order valence-electron chi connectivity index (χ1n) is 8.82. The van der Waals surface area contributed by atoms with Crippen molar-refractivity contribution >= 4 is 10.0 Å². The van der Waals surface area contributed by atoms with Crippen LogP contribution in [0, 0.1) is 23.2 Å². The Morgan fingerprint density at radius 3 is 2.46 bits per heavy atom. The number of hydrogen-bond acceptors (Lipinski definition) is 3. The summed E-state index contributed by atoms with van der Waals surface area (Å²) in [6.45, 7) is 6.07. The molecule has 0 bridgehead atoms. The van der Waals surface area contributed by atoms with Crippen LogP contribution in [0.4, 0.5) is 0 Å². The monoisotopic (exact) mass is 348 g/mol. The maximum atomic E-state index is 11.9. The number of nitrogens with one attached hydrogen (secondary N) is 1. The van der Waals surface area contributed by atoms with Gasteiger partial charge >= 0.3 is 0 Å². The van der Waals surface area contributed by atoms with Gasteiger partial charge in [0, 0.05) is 6.54 Å². The first-order valence-corrected chi connectivity index (χ1v) is 10.4. The fourth-order valence-corrected chi connectivity index (χ4v) is 4.29. The van der Waals surface area contributed by atoms with Crippen LogP contribution < -0.4 is 4.72 Å². The van der Waals surface area contributed by atoms with Crippen molar-refractivity contribution in [2.24, 2.45) is 11.8 Å². The molecule has 0 radical (unpaired) electrons. The summed E-state index contributed by atoms with van der Waals surface area (Å²) in [5.41, 5.74) is 1.99. The SMILES string of the molecule is CC(CNS(=O)(=O)C(C)C)C1CCC(c2cccc(C#N)c2)CC1. The number of nitrogens with zero attached hydrogens (tertiary/aromatic N) is 1. The molecule has 1 aromatic rings. The number of hydrogen-bond donors (Lipinski definition) is 1. The molecule has 0 heterocycles. The third-order valence-corrected chi connectivity index (χ3v) is 7.10. The van der Waals surface area contributed by atoms with Gasteiger partial charge in [-0.2, -0.15) is 5.26 Å². The highest BCUT2D eigenvalue weighted by Gasteiger charge is 2.27. The quantitative estimate of drug-likeness (QED) is 0.850. The number of nitriles is 1. The van der Waals surface area contributed by atoms with Crippen LogP contribution in [0.15, 0.2) is 24.3 Å². The summed E-state index contributed by atoms with van der Waals surface area (Å²) in [7, 11) is -3.17. The van der Waals surface area contributed by atoms with E-state index in [2.05, 4.69) is 23.8 Å². The highest BCUT2D eigenvalue weighted by Crippen LogP contribution is 2.38. The zero-order chi connectivity index (χ0) is 17.7. The molecule has 1 unspecified atom stereocenters. The van der Waals surface area contributed by atoms with E-state index in [0.29, 0.717) is 24.3 Å². The molecule has 2 rings (SSSR count). The van der Waals surface area contributed by atoms with E-state index in [1.165, 1.54) is 5.56 Å². The van der Waals surface area contributed by atoms with Gasteiger partial charge in [0.1, 0.15) is 0 Å². The van der Waals surface area contributed by atoms with Crippen LogP contribution in [0.1, 0.15) is 63.5 Å². The number of benzene rings is 1. The molecule has 24 heavy (non-hydrogen) atoms. The van der Waals surface area contributed by atoms with E-state index in [0.717, 1.165) is 31.2 Å². The Morgan fingerprint density at radius 2 is 1.88 bits per heavy atom. The third-order valence-electron chi connectivity index (χ3n) is 5.29. The zero-order valence-electron chi connectivity index (χ0n) is 14.8. The van der Waals surface area contributed by atoms with Crippen molar-refractivity contribution in [3.8, 4) is 6.07 Å². The first-order chi connectivity index (χ1) is 11.3. The maximum absolute atomic E-state index is 11.9. The lowest BCUT2D eigenvalue weighted by Crippen LogP contribution is -2.36. The van der Waals surface area contributed by atoms with E-state index in [4.69, 9.17) is 5.26 Å². The lowest BCUT2D eigenvalue weighted by atomic mass is 9.74. The fourth-order valence-electron chi connectivity index (χ4n) is 3.46. The number of sulfonamides is 1. The molecule has 1 fully saturated rings. The molecule has 1 aliphatic carbocycles. The Bertz CT molecular complexity index is 684. The Hall–Kier alpha value is -1.38. The summed E-state index contributed by atoms with van der Waals surface area (Å²) in [6.07, 6.45) is 4.46. The molecule has 1 N–H and O–H groups in total. The molecule has 0 aromatic heterocycles. The minimum Gasteiger partial charge on any atom is -0.215 e. The van der Waals surface area contributed by atoms with E-state index < -0.39 is 10.0 Å². The molecule has 132 valence electrons. The van der Waals surface area contributed by atoms with Gasteiger partial charge in [0.15, 0.2) is 0 Å². The van der Waals surface area contributed by atoms with Crippen molar-refractivity contribution in [2.75, 3.05) is 6.54 Å². The standard InChI is InChI=1S/C19H28N2O2S/c1-14(2)24(22,23)21-13-15(3)17-7-9-18(10-8-17)19-6-4-5-16(11-19)12-20/h4-6,11,14-15,17-18,21H,7-10,13H2,1-3H3. The van der Waals surface area contributed by atoms with E-state index in [1.807, 2.05) is 18.2 Å². The van der Waals surface area contributed by atoms with Crippen molar-refractivity contribution < 1.29 is 8.42 Å². The second-order valence-corrected chi connectivity index (χ2v) is 9.59. The maximum Gasteiger partial charge on any atom is 0.213 e. The lowest BCUT2D eigenvalue weighted by Gasteiger charge is -2.32. The van der Waals surface area contributed by atoms with Crippen LogP contribution >= 0.6 is 0 Å². The Morgan fingerprint density at radius 1 is 1.21 bits per heavy atom. The van der Waals surface area contributed by atoms with Gasteiger partial charge in [-0.15, -0.1) is 0 Å². The smallest absolute Gasteiger partial charge is 0.213 e. The van der Waals surface area contributed by atoms with Gasteiger partial charge in [0.25, 0.3) is 0 Å². The van der Waals surface area contributed by atoms with Crippen LogP contribution in [0.25, 0.3) is 0 Å². The summed E-state index contributed by atoms with van der Waals surface area (Å²) < 4.78 is 26.5. The largest absolute Gasteiger partial charge is 0.215 e. The van der Waals surface area contributed by atoms with E-state index in [9.17, 15) is 8.42 Å². The molecule has 1 aromatic carbocycles. The molecule has 0 spiro atoms. The molecule has 1 aliphatic rings. The second kappa shape index (κ2) is 8.13. The summed E-state index contributed by atoms with van der Waals surface area (Å²) in [5.74, 6) is 1.44.